The van der Waals surface area contributed by atoms with E-state index in [1.807, 2.05) is 18.2 Å². The van der Waals surface area contributed by atoms with E-state index in [1.54, 1.807) is 6.07 Å². The van der Waals surface area contributed by atoms with E-state index in [-0.39, 0.29) is 57.1 Å². The van der Waals surface area contributed by atoms with Crippen molar-refractivity contribution in [3.05, 3.63) is 48.0 Å². The molecule has 5 nitrogen and oxygen atoms in total. The van der Waals surface area contributed by atoms with Gasteiger partial charge in [-0.25, -0.2) is 0 Å². The van der Waals surface area contributed by atoms with Crippen LogP contribution in [-0.4, -0.2) is 13.0 Å². The topological polar surface area (TPSA) is 86.7 Å². The van der Waals surface area contributed by atoms with Gasteiger partial charge in [-0.05, 0) is 48.4 Å². The molecule has 2 aromatic carbocycles. The Morgan fingerprint density at radius 3 is 2.29 bits per heavy atom. The van der Waals surface area contributed by atoms with Crippen LogP contribution >= 0.6 is 0 Å². The molecule has 0 amide bonds. The third kappa shape index (κ3) is 8.53. The molecule has 1 N–H and O–H groups in total. The zero-order valence-electron chi connectivity index (χ0n) is 16.7. The number of hydrogen-bond donors (Lipinski definition) is 1. The zero-order chi connectivity index (χ0) is 19.7. The first-order valence-electron chi connectivity index (χ1n) is 9.46. The van der Waals surface area contributed by atoms with E-state index in [0.717, 1.165) is 24.5 Å². The van der Waals surface area contributed by atoms with Crippen molar-refractivity contribution in [2.75, 3.05) is 0 Å². The van der Waals surface area contributed by atoms with Crippen LogP contribution in [0.3, 0.4) is 0 Å². The van der Waals surface area contributed by atoms with Crippen LogP contribution in [-0.2, 0) is 16.5 Å². The van der Waals surface area contributed by atoms with E-state index in [2.05, 4.69) is 6.92 Å². The number of unbranched alkanes of at least 4 members (excludes halogenated alkanes) is 6. The summed E-state index contributed by atoms with van der Waals surface area (Å²) in [6, 6.07) is 11.2. The second-order valence-corrected chi connectivity index (χ2v) is 8.07. The Morgan fingerprint density at radius 1 is 0.964 bits per heavy atom. The molecule has 0 aliphatic heterocycles. The Bertz CT molecular complexity index is 836. The largest absolute Gasteiger partial charge is 1.00 e. The van der Waals surface area contributed by atoms with Crippen LogP contribution in [0.4, 0.5) is 0 Å². The number of aryl methyl sites for hydroxylation is 1. The normalized spacial score (nSPS) is 11.1. The molecule has 0 spiro atoms. The quantitative estimate of drug-likeness (QED) is 0.335. The summed E-state index contributed by atoms with van der Waals surface area (Å²) in [7, 11) is -4.57. The van der Waals surface area contributed by atoms with Crippen LogP contribution in [0.2, 0.25) is 0 Å². The van der Waals surface area contributed by atoms with Crippen molar-refractivity contribution in [2.24, 2.45) is 0 Å². The van der Waals surface area contributed by atoms with E-state index in [9.17, 15) is 13.5 Å². The first kappa shape index (κ1) is 25.6. The van der Waals surface area contributed by atoms with Crippen molar-refractivity contribution >= 4 is 10.1 Å². The van der Waals surface area contributed by atoms with Gasteiger partial charge in [-0.15, -0.1) is 0 Å². The zero-order valence-corrected chi connectivity index (χ0v) is 20.6. The number of rotatable bonds is 11. The van der Waals surface area contributed by atoms with Crippen molar-refractivity contribution in [3.8, 4) is 17.2 Å². The number of ether oxygens (including phenoxy) is 1. The number of hydrogen-bond acceptors (Lipinski definition) is 4. The van der Waals surface area contributed by atoms with Crippen LogP contribution in [0.25, 0.3) is 0 Å². The molecule has 2 rings (SSSR count). The van der Waals surface area contributed by atoms with Crippen molar-refractivity contribution in [1.82, 2.24) is 0 Å². The molecule has 7 heteroatoms. The minimum Gasteiger partial charge on any atom is -0.869 e. The minimum absolute atomic E-state index is 0. The fourth-order valence-corrected chi connectivity index (χ4v) is 3.54. The average Bonchev–Trinajstić information content (AvgIpc) is 2.62. The molecule has 0 bridgehead atoms. The monoisotopic (exact) mass is 430 g/mol. The summed E-state index contributed by atoms with van der Waals surface area (Å²) in [5.74, 6) is -0.504. The second-order valence-electron chi connectivity index (χ2n) is 6.68. The molecule has 2 aromatic rings. The standard InChI is InChI=1S/C21H28O5S.K/c1-2-3-4-5-6-7-8-11-17-12-9-13-18(16-17)26-19-14-10-15-20(21(19)22)27(23,24)25;/h9-10,12-16,22H,2-8,11H2,1H3,(H,23,24,25);/q;+1/p-1. The average molecular weight is 431 g/mol. The van der Waals surface area contributed by atoms with E-state index < -0.39 is 20.8 Å². The predicted molar refractivity (Wildman–Crippen MR) is 104 cm³/mol. The number of benzene rings is 2. The Hall–Kier alpha value is -0.414. The van der Waals surface area contributed by atoms with Crippen molar-refractivity contribution in [1.29, 1.82) is 0 Å². The van der Waals surface area contributed by atoms with Gasteiger partial charge in [-0.3, -0.25) is 4.55 Å². The molecule has 0 aromatic heterocycles. The van der Waals surface area contributed by atoms with Gasteiger partial charge >= 0.3 is 51.4 Å². The SMILES string of the molecule is CCCCCCCCCc1cccc(Oc2cccc(S(=O)(=O)O)c2[O-])c1.[K+]. The summed E-state index contributed by atoms with van der Waals surface area (Å²) < 4.78 is 37.2. The molecule has 0 aliphatic rings. The van der Waals surface area contributed by atoms with Crippen molar-refractivity contribution in [3.63, 3.8) is 0 Å². The molecule has 0 radical (unpaired) electrons. The summed E-state index contributed by atoms with van der Waals surface area (Å²) >= 11 is 0. The maximum atomic E-state index is 12.2. The number of para-hydroxylation sites is 1. The Labute approximate surface area is 210 Å². The molecule has 28 heavy (non-hydrogen) atoms. The van der Waals surface area contributed by atoms with E-state index in [4.69, 9.17) is 9.29 Å². The van der Waals surface area contributed by atoms with Gasteiger partial charge in [0.1, 0.15) is 11.5 Å². The molecule has 0 heterocycles. The van der Waals surface area contributed by atoms with E-state index >= 15 is 0 Å². The molecule has 0 atom stereocenters. The Kier molecular flexibility index (Phi) is 11.9. The molecule has 0 fully saturated rings. The van der Waals surface area contributed by atoms with Gasteiger partial charge in [-0.2, -0.15) is 8.42 Å². The van der Waals surface area contributed by atoms with E-state index in [0.29, 0.717) is 5.75 Å². The predicted octanol–water partition coefficient (Wildman–Crippen LogP) is 2.10. The smallest absolute Gasteiger partial charge is 0.869 e. The van der Waals surface area contributed by atoms with Crippen LogP contribution in [0, 0.1) is 0 Å². The summed E-state index contributed by atoms with van der Waals surface area (Å²) in [5.41, 5.74) is 1.11. The van der Waals surface area contributed by atoms with Gasteiger partial charge in [0.25, 0.3) is 10.1 Å². The molecule has 0 saturated carbocycles. The van der Waals surface area contributed by atoms with Crippen LogP contribution < -0.4 is 61.2 Å². The van der Waals surface area contributed by atoms with Gasteiger partial charge in [0, 0.05) is 0 Å². The summed E-state index contributed by atoms with van der Waals surface area (Å²) in [6.45, 7) is 2.21. The first-order valence-corrected chi connectivity index (χ1v) is 10.9. The third-order valence-electron chi connectivity index (χ3n) is 4.42. The van der Waals surface area contributed by atoms with Gasteiger partial charge in [-0.1, -0.05) is 63.6 Å². The van der Waals surface area contributed by atoms with Crippen LogP contribution in [0.15, 0.2) is 47.4 Å². The summed E-state index contributed by atoms with van der Waals surface area (Å²) in [5, 5.41) is 12.2. The Balaban J connectivity index is 0.00000392. The Morgan fingerprint density at radius 2 is 1.61 bits per heavy atom. The van der Waals surface area contributed by atoms with Crippen molar-refractivity contribution < 1.29 is 74.2 Å². The van der Waals surface area contributed by atoms with Crippen LogP contribution in [0.5, 0.6) is 17.2 Å². The fourth-order valence-electron chi connectivity index (χ4n) is 2.96. The summed E-state index contributed by atoms with van der Waals surface area (Å²) in [6.07, 6.45) is 9.62. The molecule has 0 unspecified atom stereocenters. The van der Waals surface area contributed by atoms with Gasteiger partial charge in [0.2, 0.25) is 0 Å². The van der Waals surface area contributed by atoms with Gasteiger partial charge < -0.3 is 9.84 Å². The molecular weight excluding hydrogens is 403 g/mol. The van der Waals surface area contributed by atoms with E-state index in [1.165, 1.54) is 50.7 Å². The van der Waals surface area contributed by atoms with Gasteiger partial charge in [0.15, 0.2) is 0 Å². The molecular formula is C21H27KO5S. The molecule has 148 valence electrons. The molecule has 0 aliphatic carbocycles. The fraction of sp³-hybridized carbons (Fsp3) is 0.429. The maximum absolute atomic E-state index is 12.2. The maximum Gasteiger partial charge on any atom is 1.00 e. The second kappa shape index (κ2) is 13.0. The first-order chi connectivity index (χ1) is 12.9. The summed E-state index contributed by atoms with van der Waals surface area (Å²) in [4.78, 5) is -0.681. The third-order valence-corrected chi connectivity index (χ3v) is 5.29. The van der Waals surface area contributed by atoms with Crippen LogP contribution in [0.1, 0.15) is 57.4 Å². The van der Waals surface area contributed by atoms with Crippen molar-refractivity contribution in [2.45, 2.75) is 63.2 Å². The minimum atomic E-state index is -4.57. The molecule has 0 saturated heterocycles. The van der Waals surface area contributed by atoms with Gasteiger partial charge in [0.05, 0.1) is 4.90 Å².